The second kappa shape index (κ2) is 10.3. The topological polar surface area (TPSA) is 109 Å². The number of aromatic nitrogens is 3. The number of hydrogen-bond donors (Lipinski definition) is 4. The summed E-state index contributed by atoms with van der Waals surface area (Å²) in [4.78, 5) is 25.1. The van der Waals surface area contributed by atoms with E-state index in [2.05, 4.69) is 20.6 Å². The summed E-state index contributed by atoms with van der Waals surface area (Å²) in [7, 11) is 0. The van der Waals surface area contributed by atoms with E-state index in [1.165, 1.54) is 0 Å². The monoisotopic (exact) mass is 428 g/mol. The summed E-state index contributed by atoms with van der Waals surface area (Å²) in [6.45, 7) is 2.35. The van der Waals surface area contributed by atoms with Crippen LogP contribution in [0.1, 0.15) is 67.2 Å². The van der Waals surface area contributed by atoms with Crippen LogP contribution in [-0.2, 0) is 6.42 Å². The Morgan fingerprint density at radius 1 is 1.16 bits per heavy atom. The maximum Gasteiger partial charge on any atom is 0.256 e. The fraction of sp³-hybridized carbons (Fsp3) is 0.609. The number of piperidine rings is 1. The number of nitrogens with zero attached hydrogens (tertiary/aromatic N) is 2. The van der Waals surface area contributed by atoms with E-state index in [1.54, 1.807) is 6.20 Å². The lowest BCUT2D eigenvalue weighted by Gasteiger charge is -2.29. The van der Waals surface area contributed by atoms with Gasteiger partial charge < -0.3 is 16.4 Å². The van der Waals surface area contributed by atoms with Gasteiger partial charge in [-0.1, -0.05) is 6.07 Å². The summed E-state index contributed by atoms with van der Waals surface area (Å²) in [5, 5.41) is 6.62. The molecule has 2 aromatic rings. The zero-order valence-electron chi connectivity index (χ0n) is 17.9. The molecule has 0 aromatic carbocycles. The SMILES string of the molecule is NC(CNc1nc(C2CCNCC2)c(C2CCC(F)CC2)c(=O)[nH]1)Cc1cccnc1. The van der Waals surface area contributed by atoms with Crippen molar-refractivity contribution in [1.82, 2.24) is 20.3 Å². The maximum atomic E-state index is 13.7. The maximum absolute atomic E-state index is 13.7. The molecule has 0 spiro atoms. The summed E-state index contributed by atoms with van der Waals surface area (Å²) < 4.78 is 13.7. The van der Waals surface area contributed by atoms with Crippen molar-refractivity contribution in [2.24, 2.45) is 5.73 Å². The highest BCUT2D eigenvalue weighted by molar-refractivity contribution is 5.34. The Bertz CT molecular complexity index is 891. The average Bonchev–Trinajstić information content (AvgIpc) is 2.79. The Labute approximate surface area is 182 Å². The lowest BCUT2D eigenvalue weighted by atomic mass is 9.80. The fourth-order valence-corrected chi connectivity index (χ4v) is 4.85. The second-order valence-electron chi connectivity index (χ2n) is 8.89. The van der Waals surface area contributed by atoms with Gasteiger partial charge in [0.2, 0.25) is 5.95 Å². The zero-order valence-corrected chi connectivity index (χ0v) is 17.9. The van der Waals surface area contributed by atoms with Crippen LogP contribution in [0.5, 0.6) is 0 Å². The van der Waals surface area contributed by atoms with Gasteiger partial charge in [-0.3, -0.25) is 14.8 Å². The first kappa shape index (κ1) is 21.9. The first-order chi connectivity index (χ1) is 15.1. The molecule has 1 saturated carbocycles. The molecule has 168 valence electrons. The van der Waals surface area contributed by atoms with Crippen molar-refractivity contribution in [3.63, 3.8) is 0 Å². The highest BCUT2D eigenvalue weighted by atomic mass is 19.1. The molecule has 3 heterocycles. The molecular formula is C23H33FN6O. The Morgan fingerprint density at radius 2 is 1.94 bits per heavy atom. The van der Waals surface area contributed by atoms with Crippen molar-refractivity contribution >= 4 is 5.95 Å². The van der Waals surface area contributed by atoms with Gasteiger partial charge >= 0.3 is 0 Å². The molecule has 4 rings (SSSR count). The summed E-state index contributed by atoms with van der Waals surface area (Å²) in [5.74, 6) is 0.824. The smallest absolute Gasteiger partial charge is 0.256 e. The first-order valence-electron chi connectivity index (χ1n) is 11.5. The van der Waals surface area contributed by atoms with E-state index in [1.807, 2.05) is 18.3 Å². The molecular weight excluding hydrogens is 395 g/mol. The molecule has 7 nitrogen and oxygen atoms in total. The molecule has 1 aliphatic heterocycles. The van der Waals surface area contributed by atoms with Gasteiger partial charge in [-0.25, -0.2) is 9.37 Å². The number of hydrogen-bond acceptors (Lipinski definition) is 6. The average molecular weight is 429 g/mol. The molecule has 1 unspecified atom stereocenters. The molecule has 1 saturated heterocycles. The number of anilines is 1. The van der Waals surface area contributed by atoms with Crippen LogP contribution in [-0.4, -0.2) is 46.8 Å². The highest BCUT2D eigenvalue weighted by Gasteiger charge is 2.30. The van der Waals surface area contributed by atoms with Gasteiger partial charge in [-0.05, 0) is 75.6 Å². The Morgan fingerprint density at radius 3 is 2.65 bits per heavy atom. The third kappa shape index (κ3) is 5.68. The van der Waals surface area contributed by atoms with Crippen LogP contribution < -0.4 is 21.9 Å². The van der Waals surface area contributed by atoms with Crippen molar-refractivity contribution in [1.29, 1.82) is 0 Å². The molecule has 2 fully saturated rings. The molecule has 8 heteroatoms. The highest BCUT2D eigenvalue weighted by Crippen LogP contribution is 2.37. The molecule has 0 bridgehead atoms. The standard InChI is InChI=1S/C23H33FN6O/c24-18-5-3-16(4-6-18)20-21(17-7-10-26-11-8-17)29-23(30-22(20)31)28-14-19(25)12-15-2-1-9-27-13-15/h1-2,9,13,16-19,26H,3-8,10-12,14,25H2,(H2,28,29,30,31). The number of aromatic amines is 1. The van der Waals surface area contributed by atoms with E-state index in [0.29, 0.717) is 44.6 Å². The van der Waals surface area contributed by atoms with Crippen LogP contribution in [0, 0.1) is 0 Å². The molecule has 2 aliphatic rings. The Hall–Kier alpha value is -2.32. The van der Waals surface area contributed by atoms with Gasteiger partial charge in [-0.2, -0.15) is 0 Å². The van der Waals surface area contributed by atoms with Gasteiger partial charge in [0.25, 0.3) is 5.56 Å². The molecule has 0 amide bonds. The van der Waals surface area contributed by atoms with Gasteiger partial charge in [0, 0.05) is 36.5 Å². The number of alkyl halides is 1. The zero-order chi connectivity index (χ0) is 21.6. The summed E-state index contributed by atoms with van der Waals surface area (Å²) >= 11 is 0. The van der Waals surface area contributed by atoms with Crippen molar-refractivity contribution < 1.29 is 4.39 Å². The number of halogens is 1. The lowest BCUT2D eigenvalue weighted by molar-refractivity contribution is 0.234. The van der Waals surface area contributed by atoms with Gasteiger partial charge in [-0.15, -0.1) is 0 Å². The summed E-state index contributed by atoms with van der Waals surface area (Å²) in [6.07, 6.45) is 7.91. The minimum absolute atomic E-state index is 0.0887. The largest absolute Gasteiger partial charge is 0.354 e. The third-order valence-corrected chi connectivity index (χ3v) is 6.53. The second-order valence-corrected chi connectivity index (χ2v) is 8.89. The minimum Gasteiger partial charge on any atom is -0.354 e. The van der Waals surface area contributed by atoms with Crippen LogP contribution in [0.3, 0.4) is 0 Å². The van der Waals surface area contributed by atoms with Crippen molar-refractivity contribution in [3.8, 4) is 0 Å². The molecule has 1 atom stereocenters. The number of pyridine rings is 1. The van der Waals surface area contributed by atoms with Crippen molar-refractivity contribution in [2.75, 3.05) is 25.0 Å². The molecule has 31 heavy (non-hydrogen) atoms. The van der Waals surface area contributed by atoms with E-state index in [9.17, 15) is 9.18 Å². The molecule has 5 N–H and O–H groups in total. The van der Waals surface area contributed by atoms with E-state index < -0.39 is 6.17 Å². The van der Waals surface area contributed by atoms with Crippen molar-refractivity contribution in [2.45, 2.75) is 69.0 Å². The normalized spacial score (nSPS) is 23.4. The van der Waals surface area contributed by atoms with E-state index in [4.69, 9.17) is 10.7 Å². The molecule has 1 aliphatic carbocycles. The third-order valence-electron chi connectivity index (χ3n) is 6.53. The van der Waals surface area contributed by atoms with E-state index >= 15 is 0 Å². The predicted octanol–water partition coefficient (Wildman–Crippen LogP) is 2.61. The minimum atomic E-state index is -0.743. The number of H-pyrrole nitrogens is 1. The van der Waals surface area contributed by atoms with Crippen LogP contribution >= 0.6 is 0 Å². The fourth-order valence-electron chi connectivity index (χ4n) is 4.85. The number of nitrogens with one attached hydrogen (secondary N) is 3. The summed E-state index contributed by atoms with van der Waals surface area (Å²) in [6, 6.07) is 3.77. The van der Waals surface area contributed by atoms with Crippen LogP contribution in [0.2, 0.25) is 0 Å². The van der Waals surface area contributed by atoms with Gasteiger partial charge in [0.1, 0.15) is 6.17 Å². The molecule has 2 aromatic heterocycles. The van der Waals surface area contributed by atoms with E-state index in [-0.39, 0.29) is 23.4 Å². The predicted molar refractivity (Wildman–Crippen MR) is 120 cm³/mol. The van der Waals surface area contributed by atoms with Gasteiger partial charge in [0.15, 0.2) is 0 Å². The van der Waals surface area contributed by atoms with Crippen molar-refractivity contribution in [3.05, 3.63) is 51.7 Å². The van der Waals surface area contributed by atoms with E-state index in [0.717, 1.165) is 42.8 Å². The Balaban J connectivity index is 1.51. The quantitative estimate of drug-likeness (QED) is 0.540. The van der Waals surface area contributed by atoms with Gasteiger partial charge in [0.05, 0.1) is 5.69 Å². The van der Waals surface area contributed by atoms with Crippen LogP contribution in [0.25, 0.3) is 0 Å². The lowest BCUT2D eigenvalue weighted by Crippen LogP contribution is -2.34. The first-order valence-corrected chi connectivity index (χ1v) is 11.5. The Kier molecular flexibility index (Phi) is 7.29. The van der Waals surface area contributed by atoms with Crippen LogP contribution in [0.4, 0.5) is 10.3 Å². The number of rotatable bonds is 7. The summed E-state index contributed by atoms with van der Waals surface area (Å²) in [5.41, 5.74) is 8.95. The van der Waals surface area contributed by atoms with Crippen LogP contribution in [0.15, 0.2) is 29.3 Å². The number of nitrogens with two attached hydrogens (primary N) is 1. The molecule has 0 radical (unpaired) electrons.